The second kappa shape index (κ2) is 9.60. The topological polar surface area (TPSA) is 64.6 Å². The van der Waals surface area contributed by atoms with Crippen molar-refractivity contribution in [2.75, 3.05) is 11.9 Å². The van der Waals surface area contributed by atoms with E-state index in [9.17, 15) is 9.59 Å². The number of carbonyl (C=O) groups excluding carboxylic acids is 2. The molecule has 0 radical (unpaired) electrons. The summed E-state index contributed by atoms with van der Waals surface area (Å²) < 4.78 is 10.9. The van der Waals surface area contributed by atoms with Crippen LogP contribution in [0.2, 0.25) is 5.02 Å². The molecule has 0 bridgehead atoms. The smallest absolute Gasteiger partial charge is 0.339 e. The highest BCUT2D eigenvalue weighted by Crippen LogP contribution is 2.28. The highest BCUT2D eigenvalue weighted by atomic mass is 35.5. The number of ether oxygens (including phenoxy) is 2. The fraction of sp³-hybridized carbons (Fsp3) is 0.364. The monoisotopic (exact) mass is 403 g/mol. The van der Waals surface area contributed by atoms with Crippen LogP contribution in [-0.2, 0) is 9.53 Å². The lowest BCUT2D eigenvalue weighted by atomic mass is 10.0. The minimum absolute atomic E-state index is 0.214. The molecule has 0 saturated heterocycles. The van der Waals surface area contributed by atoms with Gasteiger partial charge in [-0.15, -0.1) is 0 Å². The van der Waals surface area contributed by atoms with Crippen LogP contribution >= 0.6 is 11.6 Å². The Kier molecular flexibility index (Phi) is 7.46. The van der Waals surface area contributed by atoms with Gasteiger partial charge in [0.15, 0.2) is 6.10 Å². The van der Waals surface area contributed by atoms with Crippen LogP contribution in [0, 0.1) is 6.92 Å². The number of anilines is 1. The molecule has 0 saturated carbocycles. The molecular weight excluding hydrogens is 378 g/mol. The molecule has 0 aromatic heterocycles. The molecule has 1 amide bonds. The Morgan fingerprint density at radius 1 is 1.11 bits per heavy atom. The van der Waals surface area contributed by atoms with Crippen molar-refractivity contribution in [2.24, 2.45) is 0 Å². The minimum Gasteiger partial charge on any atom is -0.481 e. The predicted octanol–water partition coefficient (Wildman–Crippen LogP) is 5.35. The molecule has 0 aliphatic carbocycles. The summed E-state index contributed by atoms with van der Waals surface area (Å²) >= 11 is 6.14. The molecule has 28 heavy (non-hydrogen) atoms. The van der Waals surface area contributed by atoms with E-state index in [2.05, 4.69) is 19.2 Å². The largest absolute Gasteiger partial charge is 0.481 e. The lowest BCUT2D eigenvalue weighted by Crippen LogP contribution is -2.30. The Morgan fingerprint density at radius 3 is 2.43 bits per heavy atom. The molecule has 5 nitrogen and oxygen atoms in total. The van der Waals surface area contributed by atoms with E-state index in [1.807, 2.05) is 25.1 Å². The Balaban J connectivity index is 2.10. The van der Waals surface area contributed by atoms with Gasteiger partial charge in [-0.05, 0) is 62.1 Å². The van der Waals surface area contributed by atoms with Gasteiger partial charge in [0, 0.05) is 5.69 Å². The number of rotatable bonds is 7. The Labute approximate surface area is 171 Å². The molecule has 0 spiro atoms. The Hall–Kier alpha value is -2.53. The molecule has 150 valence electrons. The van der Waals surface area contributed by atoms with Gasteiger partial charge in [-0.3, -0.25) is 4.79 Å². The SMILES string of the molecule is CCOC(=O)c1ccc(NC(=O)[C@H](C)Oc2cc(C)ccc2C(C)C)cc1Cl. The van der Waals surface area contributed by atoms with E-state index in [-0.39, 0.29) is 29.0 Å². The summed E-state index contributed by atoms with van der Waals surface area (Å²) in [6, 6.07) is 10.6. The third kappa shape index (κ3) is 5.49. The van der Waals surface area contributed by atoms with Crippen molar-refractivity contribution in [1.82, 2.24) is 0 Å². The lowest BCUT2D eigenvalue weighted by molar-refractivity contribution is -0.122. The van der Waals surface area contributed by atoms with Gasteiger partial charge < -0.3 is 14.8 Å². The number of aryl methyl sites for hydroxylation is 1. The third-order valence-electron chi connectivity index (χ3n) is 4.20. The number of hydrogen-bond donors (Lipinski definition) is 1. The molecule has 1 N–H and O–H groups in total. The first-order valence-electron chi connectivity index (χ1n) is 9.27. The van der Waals surface area contributed by atoms with E-state index in [1.54, 1.807) is 19.9 Å². The zero-order valence-corrected chi connectivity index (χ0v) is 17.6. The molecule has 2 rings (SSSR count). The van der Waals surface area contributed by atoms with Crippen molar-refractivity contribution >= 4 is 29.2 Å². The van der Waals surface area contributed by atoms with E-state index >= 15 is 0 Å². The van der Waals surface area contributed by atoms with Crippen LogP contribution < -0.4 is 10.1 Å². The molecule has 2 aromatic rings. The first-order chi connectivity index (χ1) is 13.2. The van der Waals surface area contributed by atoms with Gasteiger partial charge in [-0.2, -0.15) is 0 Å². The van der Waals surface area contributed by atoms with Crippen LogP contribution in [0.5, 0.6) is 5.75 Å². The Morgan fingerprint density at radius 2 is 1.82 bits per heavy atom. The number of nitrogens with one attached hydrogen (secondary N) is 1. The molecule has 2 aromatic carbocycles. The summed E-state index contributed by atoms with van der Waals surface area (Å²) in [5.74, 6) is 0.173. The molecular formula is C22H26ClNO4. The summed E-state index contributed by atoms with van der Waals surface area (Å²) in [5.41, 5.74) is 2.85. The van der Waals surface area contributed by atoms with Gasteiger partial charge in [-0.1, -0.05) is 37.6 Å². The average Bonchev–Trinajstić information content (AvgIpc) is 2.61. The molecule has 0 heterocycles. The average molecular weight is 404 g/mol. The summed E-state index contributed by atoms with van der Waals surface area (Å²) in [6.45, 7) is 9.82. The highest BCUT2D eigenvalue weighted by Gasteiger charge is 2.19. The summed E-state index contributed by atoms with van der Waals surface area (Å²) in [5, 5.41) is 2.98. The molecule has 0 fully saturated rings. The standard InChI is InChI=1S/C22H26ClNO4/c1-6-27-22(26)18-10-8-16(12-19(18)23)24-21(25)15(5)28-20-11-14(4)7-9-17(20)13(2)3/h7-13,15H,6H2,1-5H3,(H,24,25)/t15-/m0/s1. The number of benzene rings is 2. The molecule has 0 unspecified atom stereocenters. The van der Waals surface area contributed by atoms with E-state index in [0.29, 0.717) is 11.4 Å². The molecule has 1 atom stereocenters. The molecule has 6 heteroatoms. The molecule has 0 aliphatic heterocycles. The van der Waals surface area contributed by atoms with Gasteiger partial charge >= 0.3 is 5.97 Å². The second-order valence-corrected chi connectivity index (χ2v) is 7.27. The normalized spacial score (nSPS) is 11.8. The van der Waals surface area contributed by atoms with E-state index < -0.39 is 12.1 Å². The third-order valence-corrected chi connectivity index (χ3v) is 4.51. The maximum atomic E-state index is 12.5. The highest BCUT2D eigenvalue weighted by molar-refractivity contribution is 6.34. The lowest BCUT2D eigenvalue weighted by Gasteiger charge is -2.19. The maximum absolute atomic E-state index is 12.5. The van der Waals surface area contributed by atoms with Crippen LogP contribution in [0.1, 0.15) is 55.1 Å². The quantitative estimate of drug-likeness (QED) is 0.632. The van der Waals surface area contributed by atoms with Crippen molar-refractivity contribution in [3.8, 4) is 5.75 Å². The predicted molar refractivity (Wildman–Crippen MR) is 111 cm³/mol. The fourth-order valence-electron chi connectivity index (χ4n) is 2.68. The van der Waals surface area contributed by atoms with Gasteiger partial charge in [-0.25, -0.2) is 4.79 Å². The van der Waals surface area contributed by atoms with Crippen LogP contribution in [0.15, 0.2) is 36.4 Å². The first kappa shape index (κ1) is 21.8. The number of carbonyl (C=O) groups is 2. The zero-order valence-electron chi connectivity index (χ0n) is 16.8. The number of esters is 1. The van der Waals surface area contributed by atoms with E-state index in [4.69, 9.17) is 21.1 Å². The number of hydrogen-bond acceptors (Lipinski definition) is 4. The van der Waals surface area contributed by atoms with Gasteiger partial charge in [0.25, 0.3) is 5.91 Å². The molecule has 0 aliphatic rings. The number of amides is 1. The van der Waals surface area contributed by atoms with Crippen LogP contribution in [0.3, 0.4) is 0 Å². The van der Waals surface area contributed by atoms with E-state index in [1.165, 1.54) is 12.1 Å². The van der Waals surface area contributed by atoms with Crippen molar-refractivity contribution < 1.29 is 19.1 Å². The summed E-state index contributed by atoms with van der Waals surface area (Å²) in [6.07, 6.45) is -0.706. The van der Waals surface area contributed by atoms with Gasteiger partial charge in [0.05, 0.1) is 17.2 Å². The van der Waals surface area contributed by atoms with Crippen LogP contribution in [-0.4, -0.2) is 24.6 Å². The van der Waals surface area contributed by atoms with Gasteiger partial charge in [0.1, 0.15) is 5.75 Å². The summed E-state index contributed by atoms with van der Waals surface area (Å²) in [7, 11) is 0. The Bertz CT molecular complexity index is 864. The van der Waals surface area contributed by atoms with Crippen LogP contribution in [0.25, 0.3) is 0 Å². The fourth-order valence-corrected chi connectivity index (χ4v) is 2.93. The maximum Gasteiger partial charge on any atom is 0.339 e. The van der Waals surface area contributed by atoms with E-state index in [0.717, 1.165) is 11.1 Å². The van der Waals surface area contributed by atoms with Crippen LogP contribution in [0.4, 0.5) is 5.69 Å². The van der Waals surface area contributed by atoms with Gasteiger partial charge in [0.2, 0.25) is 0 Å². The minimum atomic E-state index is -0.706. The second-order valence-electron chi connectivity index (χ2n) is 6.86. The number of halogens is 1. The first-order valence-corrected chi connectivity index (χ1v) is 9.65. The zero-order chi connectivity index (χ0) is 20.8. The van der Waals surface area contributed by atoms with Crippen molar-refractivity contribution in [3.05, 3.63) is 58.1 Å². The van der Waals surface area contributed by atoms with Crippen molar-refractivity contribution in [2.45, 2.75) is 46.6 Å². The van der Waals surface area contributed by atoms with Crippen molar-refractivity contribution in [3.63, 3.8) is 0 Å². The summed E-state index contributed by atoms with van der Waals surface area (Å²) in [4.78, 5) is 24.4. The van der Waals surface area contributed by atoms with Crippen molar-refractivity contribution in [1.29, 1.82) is 0 Å².